The Hall–Kier alpha value is -1.40. The molecule has 6 nitrogen and oxygen atoms in total. The van der Waals surface area contributed by atoms with Crippen molar-refractivity contribution in [2.45, 2.75) is 328 Å². The number of allylic oxidation sites excluding steroid dienone is 2. The SMILES string of the molecule is CCCCCCCC/C=C\CCCCCCCCCC(=O)OCCCCCCCCCCCCCCCC(=O)NC(CO)C(O)CCCCCCCCCCCCCCCCCC. The average molecular weight is 891 g/mol. The molecule has 0 aromatic carbocycles. The number of aliphatic hydroxyl groups is 2. The number of carbonyl (C=O) groups excluding carboxylic acids is 2. The number of unbranched alkanes of at least 4 members (excludes halogenated alkanes) is 40. The Morgan fingerprint density at radius 1 is 0.429 bits per heavy atom. The highest BCUT2D eigenvalue weighted by atomic mass is 16.5. The van der Waals surface area contributed by atoms with Crippen LogP contribution in [-0.4, -0.2) is 47.4 Å². The van der Waals surface area contributed by atoms with Gasteiger partial charge >= 0.3 is 5.97 Å². The van der Waals surface area contributed by atoms with E-state index in [-0.39, 0.29) is 18.5 Å². The van der Waals surface area contributed by atoms with Crippen molar-refractivity contribution < 1.29 is 24.5 Å². The van der Waals surface area contributed by atoms with Gasteiger partial charge in [0.05, 0.1) is 25.4 Å². The van der Waals surface area contributed by atoms with Crippen molar-refractivity contribution in [3.8, 4) is 0 Å². The molecule has 63 heavy (non-hydrogen) atoms. The van der Waals surface area contributed by atoms with Crippen LogP contribution in [0.3, 0.4) is 0 Å². The van der Waals surface area contributed by atoms with E-state index in [0.717, 1.165) is 51.4 Å². The largest absolute Gasteiger partial charge is 0.466 e. The van der Waals surface area contributed by atoms with Crippen LogP contribution in [0.25, 0.3) is 0 Å². The second-order valence-corrected chi connectivity index (χ2v) is 19.6. The Balaban J connectivity index is 3.43. The Labute approximate surface area is 393 Å². The van der Waals surface area contributed by atoms with Crippen LogP contribution < -0.4 is 5.32 Å². The molecule has 0 aliphatic heterocycles. The molecule has 6 heteroatoms. The van der Waals surface area contributed by atoms with E-state index >= 15 is 0 Å². The van der Waals surface area contributed by atoms with E-state index in [4.69, 9.17) is 4.74 Å². The van der Waals surface area contributed by atoms with Crippen molar-refractivity contribution in [3.05, 3.63) is 12.2 Å². The molecule has 3 N–H and O–H groups in total. The summed E-state index contributed by atoms with van der Waals surface area (Å²) < 4.78 is 5.48. The van der Waals surface area contributed by atoms with Gasteiger partial charge in [0.2, 0.25) is 5.91 Å². The molecule has 2 unspecified atom stereocenters. The lowest BCUT2D eigenvalue weighted by molar-refractivity contribution is -0.143. The maximum absolute atomic E-state index is 12.5. The van der Waals surface area contributed by atoms with E-state index in [1.807, 2.05) is 0 Å². The number of amides is 1. The number of esters is 1. The maximum atomic E-state index is 12.5. The Bertz CT molecular complexity index is 939. The van der Waals surface area contributed by atoms with Crippen LogP contribution in [-0.2, 0) is 14.3 Å². The molecule has 374 valence electrons. The van der Waals surface area contributed by atoms with Crippen LogP contribution in [0.4, 0.5) is 0 Å². The zero-order valence-corrected chi connectivity index (χ0v) is 42.6. The third kappa shape index (κ3) is 49.9. The third-order valence-corrected chi connectivity index (χ3v) is 13.3. The molecular formula is C57H111NO5. The fraction of sp³-hybridized carbons (Fsp3) is 0.930. The van der Waals surface area contributed by atoms with Gasteiger partial charge in [-0.1, -0.05) is 264 Å². The topological polar surface area (TPSA) is 95.9 Å². The first-order chi connectivity index (χ1) is 31.0. The molecule has 0 radical (unpaired) electrons. The molecular weight excluding hydrogens is 779 g/mol. The van der Waals surface area contributed by atoms with E-state index < -0.39 is 12.1 Å². The standard InChI is InChI=1S/C57H111NO5/c1-3-5-7-9-11-13-15-17-19-21-23-27-31-35-39-43-47-51-57(62)63-52-48-44-40-36-32-28-24-26-30-34-38-42-46-50-56(61)58-54(53-59)55(60)49-45-41-37-33-29-25-22-20-18-16-14-12-10-8-6-4-2/h17,19,54-55,59-60H,3-16,18,20-53H2,1-2H3,(H,58,61)/b19-17-. The van der Waals surface area contributed by atoms with E-state index in [1.165, 1.54) is 231 Å². The summed E-state index contributed by atoms with van der Waals surface area (Å²) in [5.74, 6) is -0.0537. The summed E-state index contributed by atoms with van der Waals surface area (Å²) in [6.45, 7) is 4.94. The smallest absolute Gasteiger partial charge is 0.305 e. The molecule has 0 aromatic heterocycles. The van der Waals surface area contributed by atoms with E-state index in [9.17, 15) is 19.8 Å². The van der Waals surface area contributed by atoms with Gasteiger partial charge in [0, 0.05) is 12.8 Å². The Morgan fingerprint density at radius 2 is 0.746 bits per heavy atom. The fourth-order valence-electron chi connectivity index (χ4n) is 8.93. The van der Waals surface area contributed by atoms with Gasteiger partial charge in [-0.15, -0.1) is 0 Å². The molecule has 2 atom stereocenters. The van der Waals surface area contributed by atoms with Crippen LogP contribution in [0.2, 0.25) is 0 Å². The van der Waals surface area contributed by atoms with Gasteiger partial charge in [-0.2, -0.15) is 0 Å². The number of aliphatic hydroxyl groups excluding tert-OH is 2. The van der Waals surface area contributed by atoms with Crippen LogP contribution in [0.1, 0.15) is 316 Å². The molecule has 0 aliphatic carbocycles. The molecule has 0 heterocycles. The molecule has 0 fully saturated rings. The van der Waals surface area contributed by atoms with Crippen LogP contribution in [0.15, 0.2) is 12.2 Å². The third-order valence-electron chi connectivity index (χ3n) is 13.3. The van der Waals surface area contributed by atoms with Gasteiger partial charge in [-0.3, -0.25) is 9.59 Å². The summed E-state index contributed by atoms with van der Waals surface area (Å²) in [5.41, 5.74) is 0. The Kier molecular flexibility index (Phi) is 52.0. The highest BCUT2D eigenvalue weighted by Crippen LogP contribution is 2.17. The van der Waals surface area contributed by atoms with Crippen LogP contribution in [0.5, 0.6) is 0 Å². The first-order valence-electron chi connectivity index (χ1n) is 28.4. The lowest BCUT2D eigenvalue weighted by Gasteiger charge is -2.22. The van der Waals surface area contributed by atoms with Crippen molar-refractivity contribution >= 4 is 11.9 Å². The van der Waals surface area contributed by atoms with Crippen molar-refractivity contribution in [2.24, 2.45) is 0 Å². The van der Waals surface area contributed by atoms with E-state index in [1.54, 1.807) is 0 Å². The number of hydrogen-bond acceptors (Lipinski definition) is 5. The van der Waals surface area contributed by atoms with Crippen molar-refractivity contribution in [2.75, 3.05) is 13.2 Å². The number of hydrogen-bond donors (Lipinski definition) is 3. The summed E-state index contributed by atoms with van der Waals surface area (Å²) in [5, 5.41) is 23.3. The van der Waals surface area contributed by atoms with E-state index in [0.29, 0.717) is 25.9 Å². The predicted molar refractivity (Wildman–Crippen MR) is 273 cm³/mol. The minimum Gasteiger partial charge on any atom is -0.466 e. The molecule has 0 aromatic rings. The molecule has 0 saturated carbocycles. The van der Waals surface area contributed by atoms with Gasteiger partial charge in [0.25, 0.3) is 0 Å². The highest BCUT2D eigenvalue weighted by molar-refractivity contribution is 5.76. The van der Waals surface area contributed by atoms with Crippen molar-refractivity contribution in [1.29, 1.82) is 0 Å². The molecule has 0 aliphatic rings. The van der Waals surface area contributed by atoms with Gasteiger partial charge in [0.15, 0.2) is 0 Å². The first-order valence-corrected chi connectivity index (χ1v) is 28.4. The number of rotatable bonds is 53. The van der Waals surface area contributed by atoms with Gasteiger partial charge < -0.3 is 20.3 Å². The van der Waals surface area contributed by atoms with Crippen LogP contribution >= 0.6 is 0 Å². The quantitative estimate of drug-likeness (QED) is 0.0321. The first kappa shape index (κ1) is 61.6. The lowest BCUT2D eigenvalue weighted by Crippen LogP contribution is -2.45. The molecule has 0 rings (SSSR count). The normalized spacial score (nSPS) is 12.6. The highest BCUT2D eigenvalue weighted by Gasteiger charge is 2.20. The second-order valence-electron chi connectivity index (χ2n) is 19.6. The van der Waals surface area contributed by atoms with Gasteiger partial charge in [-0.25, -0.2) is 0 Å². The molecule has 1 amide bonds. The second kappa shape index (κ2) is 53.2. The summed E-state index contributed by atoms with van der Waals surface area (Å²) in [4.78, 5) is 24.5. The van der Waals surface area contributed by atoms with Crippen molar-refractivity contribution in [3.63, 3.8) is 0 Å². The average Bonchev–Trinajstić information content (AvgIpc) is 3.28. The number of ether oxygens (including phenoxy) is 1. The molecule has 0 saturated heterocycles. The number of nitrogens with one attached hydrogen (secondary N) is 1. The van der Waals surface area contributed by atoms with Gasteiger partial charge in [-0.05, 0) is 51.4 Å². The Morgan fingerprint density at radius 3 is 1.13 bits per heavy atom. The number of carbonyl (C=O) groups is 2. The minimum atomic E-state index is -0.672. The zero-order valence-electron chi connectivity index (χ0n) is 42.6. The summed E-state index contributed by atoms with van der Waals surface area (Å²) in [6.07, 6.45) is 61.9. The molecule has 0 bridgehead atoms. The monoisotopic (exact) mass is 890 g/mol. The summed E-state index contributed by atoms with van der Waals surface area (Å²) in [7, 11) is 0. The zero-order chi connectivity index (χ0) is 45.8. The maximum Gasteiger partial charge on any atom is 0.305 e. The predicted octanol–water partition coefficient (Wildman–Crippen LogP) is 17.3. The van der Waals surface area contributed by atoms with Crippen molar-refractivity contribution in [1.82, 2.24) is 5.32 Å². The summed E-state index contributed by atoms with van der Waals surface area (Å²) >= 11 is 0. The van der Waals surface area contributed by atoms with Crippen LogP contribution in [0, 0.1) is 0 Å². The lowest BCUT2D eigenvalue weighted by atomic mass is 10.0. The van der Waals surface area contributed by atoms with E-state index in [2.05, 4.69) is 31.3 Å². The summed E-state index contributed by atoms with van der Waals surface area (Å²) in [6, 6.07) is -0.550. The minimum absolute atomic E-state index is 0.00801. The fourth-order valence-corrected chi connectivity index (χ4v) is 8.93. The van der Waals surface area contributed by atoms with Gasteiger partial charge in [0.1, 0.15) is 0 Å². The molecule has 0 spiro atoms.